The van der Waals surface area contributed by atoms with Crippen LogP contribution in [0.15, 0.2) is 24.3 Å². The number of nitrogens with two attached hydrogens (primary N) is 1. The number of amides is 1. The lowest BCUT2D eigenvalue weighted by Crippen LogP contribution is -2.51. The van der Waals surface area contributed by atoms with Crippen LogP contribution in [0, 0.1) is 10.1 Å². The molecule has 1 aromatic carbocycles. The van der Waals surface area contributed by atoms with Gasteiger partial charge in [-0.05, 0) is 19.1 Å². The van der Waals surface area contributed by atoms with Crippen LogP contribution in [-0.4, -0.2) is 47.6 Å². The van der Waals surface area contributed by atoms with Crippen molar-refractivity contribution in [1.82, 2.24) is 4.90 Å². The van der Waals surface area contributed by atoms with E-state index in [0.717, 1.165) is 0 Å². The summed E-state index contributed by atoms with van der Waals surface area (Å²) in [4.78, 5) is 24.1. The smallest absolute Gasteiger partial charge is 0.269 e. The minimum atomic E-state index is -0.491. The SMILES string of the molecule is CC(N)C1CN(C(=O)c2ccc([N+](=O)[O-])cc2)CCO1. The van der Waals surface area contributed by atoms with E-state index in [1.54, 1.807) is 4.90 Å². The molecule has 0 saturated carbocycles. The Morgan fingerprint density at radius 1 is 1.50 bits per heavy atom. The predicted molar refractivity (Wildman–Crippen MR) is 72.4 cm³/mol. The summed E-state index contributed by atoms with van der Waals surface area (Å²) in [5.41, 5.74) is 6.18. The Labute approximate surface area is 116 Å². The molecule has 1 saturated heterocycles. The minimum Gasteiger partial charge on any atom is -0.373 e. The van der Waals surface area contributed by atoms with E-state index < -0.39 is 4.92 Å². The third-order valence-corrected chi connectivity index (χ3v) is 3.29. The molecule has 2 unspecified atom stereocenters. The Balaban J connectivity index is 2.08. The summed E-state index contributed by atoms with van der Waals surface area (Å²) >= 11 is 0. The second-order valence-electron chi connectivity index (χ2n) is 4.82. The highest BCUT2D eigenvalue weighted by Crippen LogP contribution is 2.16. The zero-order valence-electron chi connectivity index (χ0n) is 11.2. The maximum absolute atomic E-state index is 12.3. The molecule has 20 heavy (non-hydrogen) atoms. The number of benzene rings is 1. The van der Waals surface area contributed by atoms with Crippen molar-refractivity contribution in [1.29, 1.82) is 0 Å². The molecule has 1 aliphatic rings. The maximum atomic E-state index is 12.3. The van der Waals surface area contributed by atoms with Crippen LogP contribution >= 0.6 is 0 Å². The zero-order chi connectivity index (χ0) is 14.7. The molecule has 0 bridgehead atoms. The van der Waals surface area contributed by atoms with Gasteiger partial charge in [-0.3, -0.25) is 14.9 Å². The van der Waals surface area contributed by atoms with Gasteiger partial charge in [-0.25, -0.2) is 0 Å². The summed E-state index contributed by atoms with van der Waals surface area (Å²) in [5, 5.41) is 10.6. The molecule has 1 fully saturated rings. The largest absolute Gasteiger partial charge is 0.373 e. The first-order valence-corrected chi connectivity index (χ1v) is 6.40. The Morgan fingerprint density at radius 3 is 2.70 bits per heavy atom. The normalized spacial score (nSPS) is 20.5. The van der Waals surface area contributed by atoms with Crippen molar-refractivity contribution in [3.8, 4) is 0 Å². The highest BCUT2D eigenvalue weighted by atomic mass is 16.6. The molecule has 1 aliphatic heterocycles. The van der Waals surface area contributed by atoms with Crippen LogP contribution in [0.5, 0.6) is 0 Å². The lowest BCUT2D eigenvalue weighted by molar-refractivity contribution is -0.384. The zero-order valence-corrected chi connectivity index (χ0v) is 11.2. The molecule has 2 atom stereocenters. The van der Waals surface area contributed by atoms with E-state index in [-0.39, 0.29) is 23.7 Å². The van der Waals surface area contributed by atoms with E-state index in [9.17, 15) is 14.9 Å². The van der Waals surface area contributed by atoms with E-state index in [1.165, 1.54) is 24.3 Å². The molecule has 0 spiro atoms. The number of ether oxygens (including phenoxy) is 1. The molecule has 7 nitrogen and oxygen atoms in total. The van der Waals surface area contributed by atoms with Crippen LogP contribution in [0.25, 0.3) is 0 Å². The third-order valence-electron chi connectivity index (χ3n) is 3.29. The molecule has 1 heterocycles. The van der Waals surface area contributed by atoms with Gasteiger partial charge in [0.25, 0.3) is 11.6 Å². The van der Waals surface area contributed by atoms with Crippen molar-refractivity contribution in [2.75, 3.05) is 19.7 Å². The number of hydrogen-bond acceptors (Lipinski definition) is 5. The molecule has 0 aliphatic carbocycles. The van der Waals surface area contributed by atoms with Gasteiger partial charge in [-0.1, -0.05) is 0 Å². The van der Waals surface area contributed by atoms with Gasteiger partial charge in [0, 0.05) is 36.8 Å². The van der Waals surface area contributed by atoms with Gasteiger partial charge in [0.2, 0.25) is 0 Å². The van der Waals surface area contributed by atoms with Gasteiger partial charge in [0.05, 0.1) is 17.6 Å². The summed E-state index contributed by atoms with van der Waals surface area (Å²) in [6.45, 7) is 3.22. The van der Waals surface area contributed by atoms with Crippen molar-refractivity contribution >= 4 is 11.6 Å². The number of nitro benzene ring substituents is 1. The molecule has 0 radical (unpaired) electrons. The second kappa shape index (κ2) is 5.98. The number of carbonyl (C=O) groups is 1. The van der Waals surface area contributed by atoms with Gasteiger partial charge in [-0.2, -0.15) is 0 Å². The Hall–Kier alpha value is -1.99. The fourth-order valence-electron chi connectivity index (χ4n) is 2.09. The van der Waals surface area contributed by atoms with Crippen LogP contribution in [0.1, 0.15) is 17.3 Å². The molecule has 108 valence electrons. The minimum absolute atomic E-state index is 0.0306. The van der Waals surface area contributed by atoms with E-state index >= 15 is 0 Å². The molecular formula is C13H17N3O4. The first-order valence-electron chi connectivity index (χ1n) is 6.40. The molecule has 2 N–H and O–H groups in total. The predicted octanol–water partition coefficient (Wildman–Crippen LogP) is 0.783. The second-order valence-corrected chi connectivity index (χ2v) is 4.82. The van der Waals surface area contributed by atoms with Crippen molar-refractivity contribution in [2.24, 2.45) is 5.73 Å². The maximum Gasteiger partial charge on any atom is 0.269 e. The number of nitro groups is 1. The highest BCUT2D eigenvalue weighted by Gasteiger charge is 2.27. The first kappa shape index (κ1) is 14.4. The monoisotopic (exact) mass is 279 g/mol. The lowest BCUT2D eigenvalue weighted by Gasteiger charge is -2.34. The van der Waals surface area contributed by atoms with Crippen molar-refractivity contribution < 1.29 is 14.5 Å². The van der Waals surface area contributed by atoms with Crippen molar-refractivity contribution in [2.45, 2.75) is 19.1 Å². The summed E-state index contributed by atoms with van der Waals surface area (Å²) < 4.78 is 5.50. The third kappa shape index (κ3) is 3.12. The van der Waals surface area contributed by atoms with Gasteiger partial charge in [-0.15, -0.1) is 0 Å². The van der Waals surface area contributed by atoms with Gasteiger partial charge >= 0.3 is 0 Å². The number of hydrogen-bond donors (Lipinski definition) is 1. The number of carbonyl (C=O) groups excluding carboxylic acids is 1. The number of rotatable bonds is 3. The number of non-ortho nitro benzene ring substituents is 1. The molecule has 1 aromatic rings. The van der Waals surface area contributed by atoms with E-state index in [4.69, 9.17) is 10.5 Å². The standard InChI is InChI=1S/C13H17N3O4/c1-9(14)12-8-15(6-7-20-12)13(17)10-2-4-11(5-3-10)16(18)19/h2-5,9,12H,6-8,14H2,1H3. The van der Waals surface area contributed by atoms with E-state index in [2.05, 4.69) is 0 Å². The fourth-order valence-corrected chi connectivity index (χ4v) is 2.09. The van der Waals surface area contributed by atoms with Crippen LogP contribution in [0.4, 0.5) is 5.69 Å². The quantitative estimate of drug-likeness (QED) is 0.651. The Morgan fingerprint density at radius 2 is 2.15 bits per heavy atom. The molecular weight excluding hydrogens is 262 g/mol. The Kier molecular flexibility index (Phi) is 4.31. The summed E-state index contributed by atoms with van der Waals surface area (Å²) in [5.74, 6) is -0.158. The van der Waals surface area contributed by atoms with E-state index in [1.807, 2.05) is 6.92 Å². The van der Waals surface area contributed by atoms with Crippen LogP contribution < -0.4 is 5.73 Å². The average molecular weight is 279 g/mol. The summed E-state index contributed by atoms with van der Waals surface area (Å²) in [7, 11) is 0. The highest BCUT2D eigenvalue weighted by molar-refractivity contribution is 5.94. The van der Waals surface area contributed by atoms with Crippen molar-refractivity contribution in [3.63, 3.8) is 0 Å². The summed E-state index contributed by atoms with van der Waals surface area (Å²) in [6.07, 6.45) is -0.175. The molecule has 1 amide bonds. The van der Waals surface area contributed by atoms with Gasteiger partial charge < -0.3 is 15.4 Å². The van der Waals surface area contributed by atoms with E-state index in [0.29, 0.717) is 25.3 Å². The summed E-state index contributed by atoms with van der Waals surface area (Å²) in [6, 6.07) is 5.45. The van der Waals surface area contributed by atoms with Gasteiger partial charge in [0.15, 0.2) is 0 Å². The van der Waals surface area contributed by atoms with Crippen LogP contribution in [0.3, 0.4) is 0 Å². The molecule has 7 heteroatoms. The number of nitrogens with zero attached hydrogens (tertiary/aromatic N) is 2. The average Bonchev–Trinajstić information content (AvgIpc) is 2.46. The van der Waals surface area contributed by atoms with Crippen LogP contribution in [-0.2, 0) is 4.74 Å². The number of morpholine rings is 1. The topological polar surface area (TPSA) is 98.7 Å². The fraction of sp³-hybridized carbons (Fsp3) is 0.462. The van der Waals surface area contributed by atoms with Crippen LogP contribution in [0.2, 0.25) is 0 Å². The lowest BCUT2D eigenvalue weighted by atomic mass is 10.1. The van der Waals surface area contributed by atoms with Gasteiger partial charge in [0.1, 0.15) is 0 Å². The molecule has 2 rings (SSSR count). The Bertz CT molecular complexity index is 501. The van der Waals surface area contributed by atoms with Crippen molar-refractivity contribution in [3.05, 3.63) is 39.9 Å². The molecule has 0 aromatic heterocycles. The first-order chi connectivity index (χ1) is 9.49.